The van der Waals surface area contributed by atoms with E-state index in [2.05, 4.69) is 12.1 Å². The lowest BCUT2D eigenvalue weighted by Crippen LogP contribution is -2.37. The molecule has 0 unspecified atom stereocenters. The maximum Gasteiger partial charge on any atom is 0.227 e. The summed E-state index contributed by atoms with van der Waals surface area (Å²) < 4.78 is 12.3. The third-order valence-corrected chi connectivity index (χ3v) is 4.44. The van der Waals surface area contributed by atoms with E-state index in [4.69, 9.17) is 19.2 Å². The molecule has 0 amide bonds. The summed E-state index contributed by atoms with van der Waals surface area (Å²) in [4.78, 5) is 10.6. The molecule has 0 radical (unpaired) electrons. The molecular formula is C19H14O4. The van der Waals surface area contributed by atoms with Crippen molar-refractivity contribution in [3.8, 4) is 0 Å². The predicted molar refractivity (Wildman–Crippen MR) is 83.1 cm³/mol. The molecule has 23 heavy (non-hydrogen) atoms. The molecule has 2 atom stereocenters. The number of hydrogen-bond donors (Lipinski definition) is 0. The molecule has 2 aliphatic rings. The molecule has 0 aliphatic carbocycles. The number of rotatable bonds is 1. The first kappa shape index (κ1) is 13.2. The van der Waals surface area contributed by atoms with Crippen LogP contribution in [0.5, 0.6) is 0 Å². The van der Waals surface area contributed by atoms with Crippen molar-refractivity contribution in [1.29, 1.82) is 0 Å². The first-order chi connectivity index (χ1) is 11.4. The van der Waals surface area contributed by atoms with E-state index < -0.39 is 12.1 Å². The van der Waals surface area contributed by atoms with E-state index >= 15 is 0 Å². The van der Waals surface area contributed by atoms with Crippen molar-refractivity contribution >= 4 is 10.8 Å². The molecule has 2 aliphatic heterocycles. The standard InChI is InChI=1S/C19H14O4/c1-2-8-14(9-3-1)19-16-11-5-7-13-6-4-10-15(17(13)16)18(22-19)23-21-12-20-19/h1-11,18H,12H2/t18-,19-/m0/s1. The molecule has 4 heteroatoms. The van der Waals surface area contributed by atoms with Crippen LogP contribution in [-0.2, 0) is 25.0 Å². The highest BCUT2D eigenvalue weighted by atomic mass is 17.3. The smallest absolute Gasteiger partial charge is 0.227 e. The molecule has 3 aromatic carbocycles. The number of ether oxygens (including phenoxy) is 2. The van der Waals surface area contributed by atoms with Crippen LogP contribution in [0.3, 0.4) is 0 Å². The van der Waals surface area contributed by atoms with Gasteiger partial charge in [-0.3, -0.25) is 0 Å². The zero-order chi connectivity index (χ0) is 15.3. The Balaban J connectivity index is 1.89. The Morgan fingerprint density at radius 1 is 0.870 bits per heavy atom. The first-order valence-corrected chi connectivity index (χ1v) is 7.56. The van der Waals surface area contributed by atoms with Crippen molar-refractivity contribution in [3.63, 3.8) is 0 Å². The van der Waals surface area contributed by atoms with Gasteiger partial charge in [-0.25, -0.2) is 4.89 Å². The summed E-state index contributed by atoms with van der Waals surface area (Å²) >= 11 is 0. The van der Waals surface area contributed by atoms with E-state index in [1.54, 1.807) is 0 Å². The van der Waals surface area contributed by atoms with Gasteiger partial charge in [0.25, 0.3) is 0 Å². The summed E-state index contributed by atoms with van der Waals surface area (Å²) in [6.45, 7) is -0.00420. The van der Waals surface area contributed by atoms with Crippen LogP contribution in [0.1, 0.15) is 23.0 Å². The summed E-state index contributed by atoms with van der Waals surface area (Å²) in [7, 11) is 0. The van der Waals surface area contributed by atoms with Gasteiger partial charge in [0.05, 0.1) is 0 Å². The molecule has 2 bridgehead atoms. The van der Waals surface area contributed by atoms with E-state index in [0.29, 0.717) is 0 Å². The SMILES string of the molecule is c1ccc([C@]23OCOO[C@H](O2)c2cccc4cccc3c24)cc1. The van der Waals surface area contributed by atoms with Gasteiger partial charge in [0.2, 0.25) is 12.1 Å². The molecule has 5 rings (SSSR count). The van der Waals surface area contributed by atoms with Gasteiger partial charge >= 0.3 is 0 Å². The second kappa shape index (κ2) is 4.88. The summed E-state index contributed by atoms with van der Waals surface area (Å²) in [5.41, 5.74) is 2.85. The van der Waals surface area contributed by atoms with Crippen molar-refractivity contribution < 1.29 is 19.2 Å². The molecule has 1 fully saturated rings. The monoisotopic (exact) mass is 306 g/mol. The second-order valence-corrected chi connectivity index (χ2v) is 5.66. The van der Waals surface area contributed by atoms with Gasteiger partial charge in [-0.05, 0) is 10.8 Å². The van der Waals surface area contributed by atoms with E-state index in [1.807, 2.05) is 54.6 Å². The lowest BCUT2D eigenvalue weighted by Gasteiger charge is -2.38. The molecule has 1 saturated heterocycles. The van der Waals surface area contributed by atoms with Crippen LogP contribution in [0.15, 0.2) is 66.7 Å². The Kier molecular flexibility index (Phi) is 2.80. The molecule has 0 N–H and O–H groups in total. The lowest BCUT2D eigenvalue weighted by atomic mass is 9.87. The summed E-state index contributed by atoms with van der Waals surface area (Å²) in [5.74, 6) is -1.03. The Morgan fingerprint density at radius 3 is 2.57 bits per heavy atom. The van der Waals surface area contributed by atoms with Gasteiger partial charge < -0.3 is 9.47 Å². The molecule has 0 spiro atoms. The first-order valence-electron chi connectivity index (χ1n) is 7.56. The molecule has 2 heterocycles. The number of hydrogen-bond acceptors (Lipinski definition) is 4. The maximum absolute atomic E-state index is 6.27. The van der Waals surface area contributed by atoms with Gasteiger partial charge in [0.1, 0.15) is 0 Å². The Hall–Kier alpha value is -2.24. The predicted octanol–water partition coefficient (Wildman–Crippen LogP) is 4.01. The number of fused-ring (bicyclic) bond motifs is 4. The van der Waals surface area contributed by atoms with Crippen LogP contribution in [0, 0.1) is 0 Å². The number of benzene rings is 3. The highest BCUT2D eigenvalue weighted by Crippen LogP contribution is 2.49. The van der Waals surface area contributed by atoms with Gasteiger partial charge in [0, 0.05) is 16.7 Å². The Labute approximate surface area is 133 Å². The highest BCUT2D eigenvalue weighted by Gasteiger charge is 2.47. The quantitative estimate of drug-likeness (QED) is 0.637. The van der Waals surface area contributed by atoms with Crippen LogP contribution < -0.4 is 0 Å². The zero-order valence-corrected chi connectivity index (χ0v) is 12.3. The van der Waals surface area contributed by atoms with E-state index in [0.717, 1.165) is 27.5 Å². The summed E-state index contributed by atoms with van der Waals surface area (Å²) in [6.07, 6.45) is -0.628. The van der Waals surface area contributed by atoms with E-state index in [9.17, 15) is 0 Å². The van der Waals surface area contributed by atoms with Crippen LogP contribution in [0.2, 0.25) is 0 Å². The van der Waals surface area contributed by atoms with Crippen LogP contribution >= 0.6 is 0 Å². The van der Waals surface area contributed by atoms with Crippen molar-refractivity contribution in [2.75, 3.05) is 6.79 Å². The average Bonchev–Trinajstić information content (AvgIpc) is 2.82. The minimum atomic E-state index is -1.03. The van der Waals surface area contributed by atoms with Crippen LogP contribution in [0.25, 0.3) is 10.8 Å². The van der Waals surface area contributed by atoms with Crippen molar-refractivity contribution in [2.45, 2.75) is 12.1 Å². The third-order valence-electron chi connectivity index (χ3n) is 4.44. The Bertz CT molecular complexity index is 872. The van der Waals surface area contributed by atoms with E-state index in [-0.39, 0.29) is 6.79 Å². The summed E-state index contributed by atoms with van der Waals surface area (Å²) in [6, 6.07) is 22.1. The fourth-order valence-electron chi connectivity index (χ4n) is 3.46. The molecule has 3 aromatic rings. The molecule has 114 valence electrons. The van der Waals surface area contributed by atoms with Gasteiger partial charge in [-0.2, -0.15) is 4.89 Å². The summed E-state index contributed by atoms with van der Waals surface area (Å²) in [5, 5.41) is 2.23. The zero-order valence-electron chi connectivity index (χ0n) is 12.3. The highest BCUT2D eigenvalue weighted by molar-refractivity contribution is 5.90. The van der Waals surface area contributed by atoms with Crippen LogP contribution in [0.4, 0.5) is 0 Å². The molecular weight excluding hydrogens is 292 g/mol. The Morgan fingerprint density at radius 2 is 1.70 bits per heavy atom. The van der Waals surface area contributed by atoms with Gasteiger partial charge in [-0.15, -0.1) is 0 Å². The average molecular weight is 306 g/mol. The minimum absolute atomic E-state index is 0.00420. The van der Waals surface area contributed by atoms with Crippen molar-refractivity contribution in [1.82, 2.24) is 0 Å². The molecule has 0 aromatic heterocycles. The fraction of sp³-hybridized carbons (Fsp3) is 0.158. The normalized spacial score (nSPS) is 26.0. The maximum atomic E-state index is 6.27. The minimum Gasteiger partial charge on any atom is -0.312 e. The van der Waals surface area contributed by atoms with Gasteiger partial charge in [0.15, 0.2) is 6.79 Å². The second-order valence-electron chi connectivity index (χ2n) is 5.66. The molecule has 0 saturated carbocycles. The lowest BCUT2D eigenvalue weighted by molar-refractivity contribution is -0.377. The topological polar surface area (TPSA) is 36.9 Å². The third kappa shape index (κ3) is 1.81. The largest absolute Gasteiger partial charge is 0.312 e. The van der Waals surface area contributed by atoms with Crippen LogP contribution in [-0.4, -0.2) is 6.79 Å². The molecule has 4 nitrogen and oxygen atoms in total. The van der Waals surface area contributed by atoms with Crippen molar-refractivity contribution in [3.05, 3.63) is 83.4 Å². The van der Waals surface area contributed by atoms with Crippen molar-refractivity contribution in [2.24, 2.45) is 0 Å². The van der Waals surface area contributed by atoms with Gasteiger partial charge in [-0.1, -0.05) is 66.7 Å². The van der Waals surface area contributed by atoms with E-state index in [1.165, 1.54) is 0 Å². The fourth-order valence-corrected chi connectivity index (χ4v) is 3.46.